The number of hydrogen-bond donors (Lipinski definition) is 7. The highest BCUT2D eigenvalue weighted by Gasteiger charge is 2.18. The molecule has 6 rings (SSSR count). The fourth-order valence-corrected chi connectivity index (χ4v) is 11.0. The van der Waals surface area contributed by atoms with Gasteiger partial charge >= 0.3 is 17.9 Å². The van der Waals surface area contributed by atoms with Crippen molar-refractivity contribution in [3.63, 3.8) is 0 Å². The van der Waals surface area contributed by atoms with Crippen LogP contribution in [0.3, 0.4) is 0 Å². The van der Waals surface area contributed by atoms with Crippen LogP contribution in [0, 0.1) is 5.82 Å². The van der Waals surface area contributed by atoms with Crippen molar-refractivity contribution >= 4 is 151 Å². The quantitative estimate of drug-likeness (QED) is 0.0270. The van der Waals surface area contributed by atoms with Gasteiger partial charge in [-0.2, -0.15) is 0 Å². The summed E-state index contributed by atoms with van der Waals surface area (Å²) in [5.74, 6) is -2.35. The number of hydrogen-bond acceptors (Lipinski definition) is 10. The Hall–Kier alpha value is -4.99. The van der Waals surface area contributed by atoms with E-state index in [0.29, 0.717) is 90.6 Å². The van der Waals surface area contributed by atoms with Gasteiger partial charge < -0.3 is 50.8 Å². The third kappa shape index (κ3) is 21.8. The molecule has 0 atom stereocenters. The number of aryl methyl sites for hydroxylation is 1. The van der Waals surface area contributed by atoms with Crippen molar-refractivity contribution in [2.45, 2.75) is 79.1 Å². The molecule has 6 aromatic rings. The Morgan fingerprint density at radius 3 is 1.39 bits per heavy atom. The summed E-state index contributed by atoms with van der Waals surface area (Å²) in [6.45, 7) is 8.59. The van der Waals surface area contributed by atoms with E-state index in [-0.39, 0.29) is 38.5 Å². The first-order chi connectivity index (χ1) is 37.7. The van der Waals surface area contributed by atoms with Crippen molar-refractivity contribution < 1.29 is 53.1 Å². The summed E-state index contributed by atoms with van der Waals surface area (Å²) in [5, 5.41) is 40.1. The highest BCUT2D eigenvalue weighted by atomic mass is 79.9. The minimum absolute atomic E-state index is 0.0139. The lowest BCUT2D eigenvalue weighted by Gasteiger charge is -2.15. The van der Waals surface area contributed by atoms with Gasteiger partial charge in [0.15, 0.2) is 11.6 Å². The van der Waals surface area contributed by atoms with Crippen molar-refractivity contribution in [2.24, 2.45) is 0 Å². The van der Waals surface area contributed by atoms with Crippen LogP contribution in [0.1, 0.15) is 84.6 Å². The summed E-state index contributed by atoms with van der Waals surface area (Å²) in [5.41, 5.74) is 5.93. The molecule has 7 N–H and O–H groups in total. The number of anilines is 3. The molecule has 0 aliphatic heterocycles. The molecule has 6 aromatic carbocycles. The Bertz CT molecular complexity index is 3000. The van der Waals surface area contributed by atoms with Crippen molar-refractivity contribution in [1.29, 1.82) is 0 Å². The molecular formula is C56H57Br4Cl4FN4O10. The molecule has 23 heteroatoms. The molecular weight excluding hydrogens is 1370 g/mol. The van der Waals surface area contributed by atoms with E-state index in [4.69, 9.17) is 75.9 Å². The third-order valence-corrected chi connectivity index (χ3v) is 14.6. The number of amides is 1. The van der Waals surface area contributed by atoms with E-state index in [0.717, 1.165) is 60.4 Å². The zero-order valence-corrected chi connectivity index (χ0v) is 52.3. The first-order valence-corrected chi connectivity index (χ1v) is 29.2. The summed E-state index contributed by atoms with van der Waals surface area (Å²) >= 11 is 38.9. The van der Waals surface area contributed by atoms with Crippen LogP contribution in [0.4, 0.5) is 21.5 Å². The van der Waals surface area contributed by atoms with E-state index in [1.54, 1.807) is 54.6 Å². The maximum atomic E-state index is 14.5. The lowest BCUT2D eigenvalue weighted by molar-refractivity contribution is -0.137. The molecule has 79 heavy (non-hydrogen) atoms. The van der Waals surface area contributed by atoms with E-state index in [1.165, 1.54) is 0 Å². The van der Waals surface area contributed by atoms with Crippen molar-refractivity contribution in [3.8, 4) is 17.2 Å². The number of carbonyl (C=O) groups excluding carboxylic acids is 1. The predicted molar refractivity (Wildman–Crippen MR) is 326 cm³/mol. The Morgan fingerprint density at radius 1 is 0.532 bits per heavy atom. The summed E-state index contributed by atoms with van der Waals surface area (Å²) in [6.07, 6.45) is 3.17. The standard InChI is InChI=1S/C19H19Br2ClN2O4.C19H20Cl3NO3.C18H18Br2FNO3/c1-2-6-23-15-5-3-4-11(17(15)22)10-28-18-13(20)7-12(8-14(18)21)19(27)24-9-16(25)26;1-2-8-23-16-5-3-4-13(18(16)22)11-26-19-14(20)9-12(10-15(19)21)6-7-17(24)25;1-2-6-22-15-5-3-4-12(17(15)21)10-25-18-13(19)7-11(8-14(18)20)9-16(23)24/h3-5,7-8,23H,2,6,9-10H2,1H3,(H,24,27)(H,25,26);3-5,9-10,23H,2,6-8,11H2,1H3,(H,24,25);3-5,7-8,22H,2,6,9-10H2,1H3,(H,23,24). The molecule has 0 spiro atoms. The second-order valence-corrected chi connectivity index (χ2v) is 22.1. The lowest BCUT2D eigenvalue weighted by atomic mass is 10.1. The van der Waals surface area contributed by atoms with Crippen LogP contribution in [0.2, 0.25) is 20.1 Å². The Labute approximate surface area is 511 Å². The topological polar surface area (TPSA) is 205 Å². The average molecular weight is 1430 g/mol. The largest absolute Gasteiger partial charge is 0.486 e. The van der Waals surface area contributed by atoms with Gasteiger partial charge in [-0.25, -0.2) is 4.39 Å². The average Bonchev–Trinajstić information content (AvgIpc) is 3.41. The molecule has 0 aliphatic carbocycles. The Morgan fingerprint density at radius 2 is 0.949 bits per heavy atom. The summed E-state index contributed by atoms with van der Waals surface area (Å²) in [6, 6.07) is 26.4. The van der Waals surface area contributed by atoms with E-state index in [1.807, 2.05) is 43.3 Å². The molecule has 424 valence electrons. The molecule has 1 amide bonds. The van der Waals surface area contributed by atoms with E-state index in [2.05, 4.69) is 98.8 Å². The monoisotopic (exact) mass is 1420 g/mol. The van der Waals surface area contributed by atoms with Gasteiger partial charge in [0.1, 0.15) is 37.9 Å². The summed E-state index contributed by atoms with van der Waals surface area (Å²) < 4.78 is 34.2. The predicted octanol–water partition coefficient (Wildman–Crippen LogP) is 16.5. The number of carboxylic acid groups (broad SMARTS) is 3. The van der Waals surface area contributed by atoms with Gasteiger partial charge in [-0.15, -0.1) is 0 Å². The number of benzene rings is 6. The van der Waals surface area contributed by atoms with E-state index in [9.17, 15) is 23.6 Å². The van der Waals surface area contributed by atoms with Gasteiger partial charge in [0.2, 0.25) is 0 Å². The summed E-state index contributed by atoms with van der Waals surface area (Å²) in [7, 11) is 0. The number of aliphatic carboxylic acids is 3. The molecule has 0 unspecified atom stereocenters. The number of nitrogens with one attached hydrogen (secondary N) is 4. The Balaban J connectivity index is 0.000000256. The fraction of sp³-hybridized carbons (Fsp3) is 0.286. The van der Waals surface area contributed by atoms with E-state index >= 15 is 0 Å². The molecule has 0 saturated heterocycles. The molecule has 0 bridgehead atoms. The SMILES string of the molecule is CCCNc1cccc(COc2c(Br)cc(C(=O)NCC(=O)O)cc2Br)c1Cl.CCCNc1cccc(COc2c(Br)cc(CC(=O)O)cc2Br)c1F.CCCNc1cccc(COc2c(Cl)cc(CCC(=O)O)cc2Cl)c1Cl. The minimum atomic E-state index is -1.11. The zero-order chi connectivity index (χ0) is 58.2. The molecule has 0 aromatic heterocycles. The van der Waals surface area contributed by atoms with Crippen LogP contribution in [-0.2, 0) is 47.0 Å². The van der Waals surface area contributed by atoms with Gasteiger partial charge in [-0.1, -0.05) is 104 Å². The zero-order valence-electron chi connectivity index (χ0n) is 43.0. The smallest absolute Gasteiger partial charge is 0.322 e. The maximum absolute atomic E-state index is 14.5. The van der Waals surface area contributed by atoms with Gasteiger partial charge in [-0.05, 0) is 155 Å². The van der Waals surface area contributed by atoms with Crippen LogP contribution in [0.15, 0.2) is 109 Å². The van der Waals surface area contributed by atoms with Crippen molar-refractivity contribution in [1.82, 2.24) is 5.32 Å². The Kier molecular flexibility index (Phi) is 28.9. The normalized spacial score (nSPS) is 10.5. The minimum Gasteiger partial charge on any atom is -0.486 e. The number of halogens is 9. The van der Waals surface area contributed by atoms with Gasteiger partial charge in [-0.3, -0.25) is 19.2 Å². The summed E-state index contributed by atoms with van der Waals surface area (Å²) in [4.78, 5) is 44.1. The van der Waals surface area contributed by atoms with E-state index < -0.39 is 30.4 Å². The number of carbonyl (C=O) groups is 4. The van der Waals surface area contributed by atoms with Crippen LogP contribution in [0.25, 0.3) is 0 Å². The molecule has 14 nitrogen and oxygen atoms in total. The molecule has 0 heterocycles. The molecule has 0 radical (unpaired) electrons. The van der Waals surface area contributed by atoms with Gasteiger partial charge in [0, 0.05) is 48.3 Å². The van der Waals surface area contributed by atoms with Crippen LogP contribution >= 0.6 is 110 Å². The van der Waals surface area contributed by atoms with Crippen LogP contribution in [-0.4, -0.2) is 65.3 Å². The fourth-order valence-electron chi connectivity index (χ4n) is 6.97. The first kappa shape index (κ1) is 66.5. The van der Waals surface area contributed by atoms with Crippen molar-refractivity contribution in [2.75, 3.05) is 42.1 Å². The van der Waals surface area contributed by atoms with Gasteiger partial charge in [0.25, 0.3) is 5.91 Å². The van der Waals surface area contributed by atoms with Crippen LogP contribution in [0.5, 0.6) is 17.2 Å². The highest BCUT2D eigenvalue weighted by molar-refractivity contribution is 9.11. The second kappa shape index (κ2) is 34.3. The lowest BCUT2D eigenvalue weighted by Crippen LogP contribution is -2.29. The van der Waals surface area contributed by atoms with Gasteiger partial charge in [0.05, 0.1) is 61.5 Å². The molecule has 0 saturated carbocycles. The van der Waals surface area contributed by atoms with Crippen molar-refractivity contribution in [3.05, 3.63) is 168 Å². The number of carboxylic acids is 3. The third-order valence-electron chi connectivity index (χ3n) is 10.8. The first-order valence-electron chi connectivity index (χ1n) is 24.5. The maximum Gasteiger partial charge on any atom is 0.322 e. The molecule has 0 aliphatic rings. The second-order valence-electron chi connectivity index (χ2n) is 17.1. The highest BCUT2D eigenvalue weighted by Crippen LogP contribution is 2.39. The number of rotatable bonds is 26. The van der Waals surface area contributed by atoms with Crippen LogP contribution < -0.4 is 35.5 Å². The molecule has 0 fully saturated rings. The number of ether oxygens (including phenoxy) is 3.